The van der Waals surface area contributed by atoms with E-state index in [1.54, 1.807) is 53.4 Å². The molecule has 3 aromatic heterocycles. The van der Waals surface area contributed by atoms with Gasteiger partial charge in [-0.3, -0.25) is 19.5 Å². The van der Waals surface area contributed by atoms with Crippen LogP contribution in [0.3, 0.4) is 0 Å². The summed E-state index contributed by atoms with van der Waals surface area (Å²) in [6.45, 7) is 6.33. The highest BCUT2D eigenvalue weighted by atomic mass is 19.1. The molecule has 0 saturated carbocycles. The lowest BCUT2D eigenvalue weighted by molar-refractivity contribution is -0.00178. The van der Waals surface area contributed by atoms with Crippen LogP contribution in [0.25, 0.3) is 16.9 Å². The number of amides is 4. The molecule has 0 aliphatic heterocycles. The van der Waals surface area contributed by atoms with Crippen molar-refractivity contribution >= 4 is 34.6 Å². The molecule has 4 aromatic rings. The maximum atomic E-state index is 14.2. The number of urea groups is 1. The SMILES string of the molecule is CC(C)Nc1cc(-n2ccc3cc(CNC(=O)NC(=O)c4ccccc4)cnc32)ncc1C(=O)NC[C@@H](F)C(C)(C)O. The fourth-order valence-corrected chi connectivity index (χ4v) is 4.06. The predicted molar refractivity (Wildman–Crippen MR) is 157 cm³/mol. The Bertz CT molecular complexity index is 1580. The van der Waals surface area contributed by atoms with Crippen LogP contribution in [0.15, 0.2) is 67.1 Å². The van der Waals surface area contributed by atoms with Gasteiger partial charge in [-0.2, -0.15) is 0 Å². The molecule has 5 N–H and O–H groups in total. The van der Waals surface area contributed by atoms with E-state index in [2.05, 4.69) is 31.2 Å². The number of aliphatic hydroxyl groups is 1. The number of carbonyl (C=O) groups is 3. The zero-order valence-corrected chi connectivity index (χ0v) is 23.8. The number of aromatic nitrogens is 3. The van der Waals surface area contributed by atoms with Gasteiger partial charge in [0.25, 0.3) is 11.8 Å². The third-order valence-electron chi connectivity index (χ3n) is 6.33. The van der Waals surface area contributed by atoms with Crippen LogP contribution in [0.2, 0.25) is 0 Å². The molecule has 4 amide bonds. The van der Waals surface area contributed by atoms with Gasteiger partial charge in [-0.15, -0.1) is 0 Å². The van der Waals surface area contributed by atoms with Gasteiger partial charge in [0.2, 0.25) is 0 Å². The number of hydrogen-bond acceptors (Lipinski definition) is 7. The van der Waals surface area contributed by atoms with Gasteiger partial charge in [0, 0.05) is 48.2 Å². The van der Waals surface area contributed by atoms with E-state index in [4.69, 9.17) is 0 Å². The second-order valence-corrected chi connectivity index (χ2v) is 10.7. The normalized spacial score (nSPS) is 12.2. The molecule has 0 unspecified atom stereocenters. The van der Waals surface area contributed by atoms with E-state index in [9.17, 15) is 23.9 Å². The van der Waals surface area contributed by atoms with Crippen LogP contribution in [-0.4, -0.2) is 61.8 Å². The first-order valence-electron chi connectivity index (χ1n) is 13.4. The lowest BCUT2D eigenvalue weighted by Gasteiger charge is -2.23. The van der Waals surface area contributed by atoms with Crippen LogP contribution < -0.4 is 21.3 Å². The molecule has 0 bridgehead atoms. The number of imide groups is 1. The average Bonchev–Trinajstić information content (AvgIpc) is 3.37. The van der Waals surface area contributed by atoms with Crippen molar-refractivity contribution in [2.75, 3.05) is 11.9 Å². The lowest BCUT2D eigenvalue weighted by Crippen LogP contribution is -2.42. The molecule has 0 fully saturated rings. The molecule has 0 saturated heterocycles. The summed E-state index contributed by atoms with van der Waals surface area (Å²) in [6, 6.07) is 13.2. The fraction of sp³-hybridized carbons (Fsp3) is 0.300. The highest BCUT2D eigenvalue weighted by Crippen LogP contribution is 2.24. The van der Waals surface area contributed by atoms with Crippen LogP contribution in [0.1, 0.15) is 54.0 Å². The molecule has 1 aromatic carbocycles. The molecular weight excluding hydrogens is 541 g/mol. The number of fused-ring (bicyclic) bond motifs is 1. The van der Waals surface area contributed by atoms with E-state index >= 15 is 0 Å². The Hall–Kier alpha value is -4.84. The van der Waals surface area contributed by atoms with Crippen molar-refractivity contribution in [3.8, 4) is 5.82 Å². The fourth-order valence-electron chi connectivity index (χ4n) is 4.06. The monoisotopic (exact) mass is 575 g/mol. The van der Waals surface area contributed by atoms with Crippen LogP contribution in [0.5, 0.6) is 0 Å². The van der Waals surface area contributed by atoms with Crippen molar-refractivity contribution in [2.24, 2.45) is 0 Å². The molecule has 0 spiro atoms. The second-order valence-electron chi connectivity index (χ2n) is 10.7. The Kier molecular flexibility index (Phi) is 9.16. The van der Waals surface area contributed by atoms with E-state index < -0.39 is 29.6 Å². The second kappa shape index (κ2) is 12.8. The molecule has 0 aliphatic carbocycles. The number of nitrogens with one attached hydrogen (secondary N) is 4. The summed E-state index contributed by atoms with van der Waals surface area (Å²) in [5, 5.41) is 21.3. The first-order valence-corrected chi connectivity index (χ1v) is 13.4. The van der Waals surface area contributed by atoms with Gasteiger partial charge in [0.05, 0.1) is 23.4 Å². The van der Waals surface area contributed by atoms with Gasteiger partial charge in [0.1, 0.15) is 17.6 Å². The third kappa shape index (κ3) is 7.46. The van der Waals surface area contributed by atoms with Gasteiger partial charge in [-0.25, -0.2) is 19.2 Å². The average molecular weight is 576 g/mol. The number of hydrogen-bond donors (Lipinski definition) is 5. The molecule has 3 heterocycles. The maximum absolute atomic E-state index is 14.2. The summed E-state index contributed by atoms with van der Waals surface area (Å²) in [5.74, 6) is -0.519. The van der Waals surface area contributed by atoms with Gasteiger partial charge >= 0.3 is 6.03 Å². The number of nitrogens with zero attached hydrogens (tertiary/aromatic N) is 3. The summed E-state index contributed by atoms with van der Waals surface area (Å²) in [4.78, 5) is 46.2. The first kappa shape index (κ1) is 30.1. The van der Waals surface area contributed by atoms with Crippen molar-refractivity contribution in [3.63, 3.8) is 0 Å². The Morgan fingerprint density at radius 1 is 1.00 bits per heavy atom. The summed E-state index contributed by atoms with van der Waals surface area (Å²) >= 11 is 0. The van der Waals surface area contributed by atoms with E-state index in [1.165, 1.54) is 20.0 Å². The minimum Gasteiger partial charge on any atom is -0.387 e. The molecule has 0 aliphatic rings. The van der Waals surface area contributed by atoms with Crippen molar-refractivity contribution in [1.82, 2.24) is 30.5 Å². The van der Waals surface area contributed by atoms with E-state index in [0.717, 1.165) is 10.9 Å². The summed E-state index contributed by atoms with van der Waals surface area (Å²) in [5.41, 5.74) is 0.864. The van der Waals surface area contributed by atoms with Gasteiger partial charge < -0.3 is 21.1 Å². The van der Waals surface area contributed by atoms with Gasteiger partial charge in [-0.1, -0.05) is 18.2 Å². The van der Waals surface area contributed by atoms with Crippen LogP contribution in [-0.2, 0) is 6.54 Å². The summed E-state index contributed by atoms with van der Waals surface area (Å²) in [7, 11) is 0. The van der Waals surface area contributed by atoms with E-state index in [0.29, 0.717) is 22.7 Å². The predicted octanol–water partition coefficient (Wildman–Crippen LogP) is 3.72. The van der Waals surface area contributed by atoms with Crippen molar-refractivity contribution in [2.45, 2.75) is 52.1 Å². The highest BCUT2D eigenvalue weighted by Gasteiger charge is 2.27. The van der Waals surface area contributed by atoms with Crippen molar-refractivity contribution < 1.29 is 23.9 Å². The number of benzene rings is 1. The number of alkyl halides is 1. The summed E-state index contributed by atoms with van der Waals surface area (Å²) < 4.78 is 15.9. The molecule has 220 valence electrons. The lowest BCUT2D eigenvalue weighted by atomic mass is 10.0. The molecule has 12 heteroatoms. The minimum atomic E-state index is -1.64. The van der Waals surface area contributed by atoms with Crippen molar-refractivity contribution in [3.05, 3.63) is 83.8 Å². The Labute approximate surface area is 242 Å². The largest absolute Gasteiger partial charge is 0.387 e. The van der Waals surface area contributed by atoms with E-state index in [1.807, 2.05) is 26.0 Å². The smallest absolute Gasteiger partial charge is 0.321 e. The Morgan fingerprint density at radius 2 is 1.74 bits per heavy atom. The van der Waals surface area contributed by atoms with Crippen LogP contribution >= 0.6 is 0 Å². The number of halogens is 1. The number of carbonyl (C=O) groups excluding carboxylic acids is 3. The van der Waals surface area contributed by atoms with E-state index in [-0.39, 0.29) is 24.7 Å². The molecule has 42 heavy (non-hydrogen) atoms. The number of pyridine rings is 2. The zero-order valence-electron chi connectivity index (χ0n) is 23.8. The van der Waals surface area contributed by atoms with Crippen LogP contribution in [0.4, 0.5) is 14.9 Å². The standard InChI is InChI=1S/C30H34FN7O4/c1-18(2)36-23-13-25(32-16-22(23)28(40)34-17-24(31)30(3,4)42)38-11-10-21-12-19(14-33-26(21)38)15-35-29(41)37-27(39)20-8-6-5-7-9-20/h5-14,16,18,24,42H,15,17H2,1-4H3,(H,32,36)(H,34,40)(H2,35,37,39,41)/t24-/m1/s1. The minimum absolute atomic E-state index is 0.00752. The van der Waals surface area contributed by atoms with Gasteiger partial charge in [0.15, 0.2) is 0 Å². The molecule has 11 nitrogen and oxygen atoms in total. The molecule has 1 atom stereocenters. The Morgan fingerprint density at radius 3 is 2.43 bits per heavy atom. The summed E-state index contributed by atoms with van der Waals surface area (Å²) in [6.07, 6.45) is 3.17. The zero-order chi connectivity index (χ0) is 30.4. The molecule has 4 rings (SSSR count). The van der Waals surface area contributed by atoms with Crippen molar-refractivity contribution in [1.29, 1.82) is 0 Å². The molecular formula is C30H34FN7O4. The number of rotatable bonds is 10. The first-order chi connectivity index (χ1) is 19.9. The maximum Gasteiger partial charge on any atom is 0.321 e. The topological polar surface area (TPSA) is 150 Å². The molecule has 0 radical (unpaired) electrons. The highest BCUT2D eigenvalue weighted by molar-refractivity contribution is 6.04. The number of anilines is 1. The van der Waals surface area contributed by atoms with Crippen LogP contribution in [0, 0.1) is 0 Å². The quantitative estimate of drug-likeness (QED) is 0.193. The van der Waals surface area contributed by atoms with Gasteiger partial charge in [-0.05, 0) is 57.5 Å². The third-order valence-corrected chi connectivity index (χ3v) is 6.33. The Balaban J connectivity index is 1.47.